The molecule has 0 bridgehead atoms. The van der Waals surface area contributed by atoms with Gasteiger partial charge >= 0.3 is 12.1 Å². The summed E-state index contributed by atoms with van der Waals surface area (Å²) in [7, 11) is 0. The number of carbonyl (C=O) groups excluding carboxylic acids is 1. The van der Waals surface area contributed by atoms with Crippen molar-refractivity contribution in [3.05, 3.63) is 35.4 Å². The van der Waals surface area contributed by atoms with Gasteiger partial charge in [0, 0.05) is 13.1 Å². The van der Waals surface area contributed by atoms with Crippen LogP contribution in [0.25, 0.3) is 0 Å². The number of carboxylic acid groups (broad SMARTS) is 1. The van der Waals surface area contributed by atoms with Crippen LogP contribution in [0.1, 0.15) is 55.6 Å². The second kappa shape index (κ2) is 7.21. The van der Waals surface area contributed by atoms with Crippen molar-refractivity contribution in [2.24, 2.45) is 5.92 Å². The minimum Gasteiger partial charge on any atom is -0.478 e. The number of aromatic carboxylic acids is 1. The predicted octanol–water partition coefficient (Wildman–Crippen LogP) is 3.07. The quantitative estimate of drug-likeness (QED) is 0.886. The largest absolute Gasteiger partial charge is 0.478 e. The number of benzene rings is 1. The summed E-state index contributed by atoms with van der Waals surface area (Å²) in [5.74, 6) is -1.02. The number of likely N-dealkylation sites (tertiary alicyclic amines) is 1. The number of ether oxygens (including phenoxy) is 1. The molecule has 0 aliphatic carbocycles. The van der Waals surface area contributed by atoms with Crippen LogP contribution in [0.3, 0.4) is 0 Å². The normalized spacial score (nSPS) is 17.4. The van der Waals surface area contributed by atoms with Gasteiger partial charge in [-0.1, -0.05) is 12.1 Å². The molecule has 6 nitrogen and oxygen atoms in total. The van der Waals surface area contributed by atoms with E-state index in [4.69, 9.17) is 9.84 Å². The highest BCUT2D eigenvalue weighted by Crippen LogP contribution is 2.31. The second-order valence-electron chi connectivity index (χ2n) is 7.18. The molecule has 0 aromatic heterocycles. The van der Waals surface area contributed by atoms with Crippen LogP contribution >= 0.6 is 0 Å². The van der Waals surface area contributed by atoms with Crippen LogP contribution in [0.15, 0.2) is 24.3 Å². The molecule has 1 aromatic carbocycles. The highest BCUT2D eigenvalue weighted by atomic mass is 16.6. The molecular weight excluding hydrogens is 310 g/mol. The summed E-state index contributed by atoms with van der Waals surface area (Å²) in [6.45, 7) is 6.54. The van der Waals surface area contributed by atoms with Crippen LogP contribution in [0.2, 0.25) is 0 Å². The smallest absolute Gasteiger partial charge is 0.410 e. The van der Waals surface area contributed by atoms with E-state index in [0.29, 0.717) is 31.5 Å². The summed E-state index contributed by atoms with van der Waals surface area (Å²) in [6, 6.07) is 6.38. The molecular formula is C18H25NO5. The van der Waals surface area contributed by atoms with E-state index >= 15 is 0 Å². The summed E-state index contributed by atoms with van der Waals surface area (Å²) >= 11 is 0. The van der Waals surface area contributed by atoms with Crippen LogP contribution in [0.4, 0.5) is 4.79 Å². The van der Waals surface area contributed by atoms with E-state index in [0.717, 1.165) is 0 Å². The molecule has 1 aliphatic heterocycles. The molecule has 1 saturated heterocycles. The highest BCUT2D eigenvalue weighted by Gasteiger charge is 2.30. The lowest BCUT2D eigenvalue weighted by atomic mass is 9.87. The SMILES string of the molecule is CC(C)(C)OC(=O)N1CCC(C(O)c2cccc(C(=O)O)c2)CC1. The number of rotatable bonds is 3. The molecule has 0 radical (unpaired) electrons. The number of hydrogen-bond donors (Lipinski definition) is 2. The van der Waals surface area contributed by atoms with Crippen molar-refractivity contribution in [3.8, 4) is 0 Å². The maximum atomic E-state index is 12.1. The van der Waals surface area contributed by atoms with Gasteiger partial charge in [-0.25, -0.2) is 9.59 Å². The molecule has 2 N–H and O–H groups in total. The van der Waals surface area contributed by atoms with Gasteiger partial charge < -0.3 is 19.8 Å². The van der Waals surface area contributed by atoms with Gasteiger partial charge in [0.05, 0.1) is 11.7 Å². The third-order valence-electron chi connectivity index (χ3n) is 4.11. The first-order chi connectivity index (χ1) is 11.2. The van der Waals surface area contributed by atoms with Crippen LogP contribution < -0.4 is 0 Å². The molecule has 0 spiro atoms. The zero-order valence-corrected chi connectivity index (χ0v) is 14.4. The van der Waals surface area contributed by atoms with Gasteiger partial charge in [-0.2, -0.15) is 0 Å². The lowest BCUT2D eigenvalue weighted by Crippen LogP contribution is -2.42. The topological polar surface area (TPSA) is 87.1 Å². The Morgan fingerprint density at radius 2 is 1.88 bits per heavy atom. The van der Waals surface area contributed by atoms with Crippen LogP contribution in [0, 0.1) is 5.92 Å². The maximum absolute atomic E-state index is 12.1. The zero-order valence-electron chi connectivity index (χ0n) is 14.4. The Bertz CT molecular complexity index is 600. The monoisotopic (exact) mass is 335 g/mol. The third kappa shape index (κ3) is 4.71. The summed E-state index contributed by atoms with van der Waals surface area (Å²) in [6.07, 6.45) is 0.239. The Balaban J connectivity index is 1.95. The average Bonchev–Trinajstić information content (AvgIpc) is 2.53. The molecule has 1 amide bonds. The lowest BCUT2D eigenvalue weighted by molar-refractivity contribution is 0.00762. The summed E-state index contributed by atoms with van der Waals surface area (Å²) in [4.78, 5) is 24.8. The first kappa shape index (κ1) is 18.3. The van der Waals surface area contributed by atoms with Gasteiger partial charge in [-0.15, -0.1) is 0 Å². The Kier molecular flexibility index (Phi) is 5.49. The molecule has 1 aromatic rings. The highest BCUT2D eigenvalue weighted by molar-refractivity contribution is 5.87. The Morgan fingerprint density at radius 1 is 1.25 bits per heavy atom. The van der Waals surface area contributed by atoms with Gasteiger partial charge in [0.1, 0.15) is 5.60 Å². The molecule has 132 valence electrons. The molecule has 1 heterocycles. The van der Waals surface area contributed by atoms with Gasteiger partial charge in [-0.05, 0) is 57.2 Å². The minimum atomic E-state index is -1.01. The molecule has 1 unspecified atom stereocenters. The summed E-state index contributed by atoms with van der Waals surface area (Å²) in [5, 5.41) is 19.6. The van der Waals surface area contributed by atoms with Crippen molar-refractivity contribution in [2.75, 3.05) is 13.1 Å². The number of piperidine rings is 1. The fraction of sp³-hybridized carbons (Fsp3) is 0.556. The second-order valence-corrected chi connectivity index (χ2v) is 7.18. The minimum absolute atomic E-state index is 0.00673. The number of carbonyl (C=O) groups is 2. The van der Waals surface area contributed by atoms with Crippen molar-refractivity contribution in [1.82, 2.24) is 4.90 Å². The van der Waals surface area contributed by atoms with Crippen molar-refractivity contribution in [2.45, 2.75) is 45.3 Å². The summed E-state index contributed by atoms with van der Waals surface area (Å²) < 4.78 is 5.36. The van der Waals surface area contributed by atoms with Crippen molar-refractivity contribution in [1.29, 1.82) is 0 Å². The Hall–Kier alpha value is -2.08. The van der Waals surface area contributed by atoms with E-state index < -0.39 is 17.7 Å². The molecule has 0 saturated carbocycles. The molecule has 1 fully saturated rings. The maximum Gasteiger partial charge on any atom is 0.410 e. The van der Waals surface area contributed by atoms with E-state index in [1.807, 2.05) is 20.8 Å². The van der Waals surface area contributed by atoms with Crippen molar-refractivity contribution >= 4 is 12.1 Å². The van der Waals surface area contributed by atoms with Gasteiger partial charge in [-0.3, -0.25) is 0 Å². The van der Waals surface area contributed by atoms with Crippen LogP contribution in [0.5, 0.6) is 0 Å². The average molecular weight is 335 g/mol. The first-order valence-corrected chi connectivity index (χ1v) is 8.16. The van der Waals surface area contributed by atoms with Gasteiger partial charge in [0.25, 0.3) is 0 Å². The summed E-state index contributed by atoms with van der Waals surface area (Å²) in [5.41, 5.74) is 0.244. The Morgan fingerprint density at radius 3 is 2.42 bits per heavy atom. The van der Waals surface area contributed by atoms with Crippen molar-refractivity contribution < 1.29 is 24.5 Å². The standard InChI is InChI=1S/C18H25NO5/c1-18(2,3)24-17(23)19-9-7-12(8-10-19)15(20)13-5-4-6-14(11-13)16(21)22/h4-6,11-12,15,20H,7-10H2,1-3H3,(H,21,22). The predicted molar refractivity (Wildman–Crippen MR) is 88.9 cm³/mol. The van der Waals surface area contributed by atoms with E-state index in [1.54, 1.807) is 17.0 Å². The number of aliphatic hydroxyl groups is 1. The van der Waals surface area contributed by atoms with Crippen LogP contribution in [-0.4, -0.2) is 45.9 Å². The van der Waals surface area contributed by atoms with E-state index in [1.165, 1.54) is 12.1 Å². The third-order valence-corrected chi connectivity index (χ3v) is 4.11. The number of carboxylic acids is 1. The number of amides is 1. The zero-order chi connectivity index (χ0) is 17.9. The fourth-order valence-electron chi connectivity index (χ4n) is 2.85. The Labute approximate surface area is 142 Å². The number of hydrogen-bond acceptors (Lipinski definition) is 4. The van der Waals surface area contributed by atoms with Gasteiger partial charge in [0.15, 0.2) is 0 Å². The number of aliphatic hydroxyl groups excluding tert-OH is 1. The first-order valence-electron chi connectivity index (χ1n) is 8.16. The molecule has 6 heteroatoms. The molecule has 2 rings (SSSR count). The number of nitrogens with zero attached hydrogens (tertiary/aromatic N) is 1. The van der Waals surface area contributed by atoms with E-state index in [9.17, 15) is 14.7 Å². The molecule has 1 atom stereocenters. The lowest BCUT2D eigenvalue weighted by Gasteiger charge is -2.35. The van der Waals surface area contributed by atoms with Gasteiger partial charge in [0.2, 0.25) is 0 Å². The van der Waals surface area contributed by atoms with Crippen LogP contribution in [-0.2, 0) is 4.74 Å². The van der Waals surface area contributed by atoms with E-state index in [-0.39, 0.29) is 17.6 Å². The van der Waals surface area contributed by atoms with E-state index in [2.05, 4.69) is 0 Å². The fourth-order valence-corrected chi connectivity index (χ4v) is 2.85. The van der Waals surface area contributed by atoms with Crippen molar-refractivity contribution in [3.63, 3.8) is 0 Å². The molecule has 24 heavy (non-hydrogen) atoms. The molecule has 1 aliphatic rings.